The van der Waals surface area contributed by atoms with E-state index in [0.717, 1.165) is 11.3 Å². The average Bonchev–Trinajstić information content (AvgIpc) is 2.56. The van der Waals surface area contributed by atoms with Crippen LogP contribution in [-0.4, -0.2) is 10.2 Å². The Morgan fingerprint density at radius 2 is 2.07 bits per heavy atom. The maximum atomic E-state index is 5.79. The average molecular weight is 189 g/mol. The molecule has 2 aromatic rings. The van der Waals surface area contributed by atoms with Crippen LogP contribution in [0.15, 0.2) is 28.7 Å². The zero-order chi connectivity index (χ0) is 9.97. The molecule has 0 aliphatic heterocycles. The van der Waals surface area contributed by atoms with Crippen LogP contribution in [0.1, 0.15) is 17.3 Å². The quantitative estimate of drug-likeness (QED) is 0.728. The van der Waals surface area contributed by atoms with Gasteiger partial charge in [0.05, 0.1) is 6.42 Å². The predicted molar refractivity (Wildman–Crippen MR) is 52.7 cm³/mol. The second-order valence-corrected chi connectivity index (χ2v) is 3.09. The summed E-state index contributed by atoms with van der Waals surface area (Å²) >= 11 is 0. The van der Waals surface area contributed by atoms with Crippen LogP contribution in [0.2, 0.25) is 0 Å². The fourth-order valence-electron chi connectivity index (χ4n) is 1.27. The van der Waals surface area contributed by atoms with Crippen molar-refractivity contribution in [3.63, 3.8) is 0 Å². The second-order valence-electron chi connectivity index (χ2n) is 3.09. The lowest BCUT2D eigenvalue weighted by Crippen LogP contribution is -1.95. The number of aryl methyl sites for hydroxylation is 1. The normalized spacial score (nSPS) is 10.4. The molecule has 0 fully saturated rings. The van der Waals surface area contributed by atoms with E-state index in [2.05, 4.69) is 10.2 Å². The van der Waals surface area contributed by atoms with Gasteiger partial charge in [-0.1, -0.05) is 18.2 Å². The van der Waals surface area contributed by atoms with Crippen molar-refractivity contribution >= 4 is 5.69 Å². The number of rotatable bonds is 2. The summed E-state index contributed by atoms with van der Waals surface area (Å²) in [5.74, 6) is 1.18. The second kappa shape index (κ2) is 3.49. The largest absolute Gasteiger partial charge is 0.425 e. The highest BCUT2D eigenvalue weighted by atomic mass is 16.4. The van der Waals surface area contributed by atoms with Crippen LogP contribution in [0.3, 0.4) is 0 Å². The maximum absolute atomic E-state index is 5.79. The monoisotopic (exact) mass is 189 g/mol. The third-order valence-electron chi connectivity index (χ3n) is 1.96. The van der Waals surface area contributed by atoms with Gasteiger partial charge in [0, 0.05) is 12.6 Å². The van der Waals surface area contributed by atoms with Crippen LogP contribution in [-0.2, 0) is 6.42 Å². The summed E-state index contributed by atoms with van der Waals surface area (Å²) in [6.07, 6.45) is 0.591. The molecule has 0 unspecified atom stereocenters. The lowest BCUT2D eigenvalue weighted by molar-refractivity contribution is 0.477. The van der Waals surface area contributed by atoms with Crippen molar-refractivity contribution in [2.24, 2.45) is 0 Å². The van der Waals surface area contributed by atoms with Gasteiger partial charge in [-0.2, -0.15) is 0 Å². The highest BCUT2D eigenvalue weighted by Gasteiger charge is 2.05. The molecule has 1 aromatic heterocycles. The molecule has 0 bridgehead atoms. The summed E-state index contributed by atoms with van der Waals surface area (Å²) in [7, 11) is 0. The Bertz CT molecular complexity index is 436. The fourth-order valence-corrected chi connectivity index (χ4v) is 1.27. The van der Waals surface area contributed by atoms with Crippen molar-refractivity contribution in [2.45, 2.75) is 13.3 Å². The van der Waals surface area contributed by atoms with Gasteiger partial charge in [0.2, 0.25) is 11.8 Å². The van der Waals surface area contributed by atoms with Crippen LogP contribution in [0.5, 0.6) is 0 Å². The topological polar surface area (TPSA) is 64.9 Å². The van der Waals surface area contributed by atoms with Gasteiger partial charge in [-0.05, 0) is 11.6 Å². The molecule has 0 saturated heterocycles. The van der Waals surface area contributed by atoms with Crippen molar-refractivity contribution in [1.29, 1.82) is 0 Å². The summed E-state index contributed by atoms with van der Waals surface area (Å²) in [6.45, 7) is 1.77. The molecule has 0 aliphatic rings. The molecule has 4 nitrogen and oxygen atoms in total. The molecule has 0 amide bonds. The molecule has 2 N–H and O–H groups in total. The number of anilines is 1. The Balaban J connectivity index is 2.23. The zero-order valence-electron chi connectivity index (χ0n) is 7.90. The van der Waals surface area contributed by atoms with E-state index in [-0.39, 0.29) is 0 Å². The van der Waals surface area contributed by atoms with Crippen molar-refractivity contribution in [2.75, 3.05) is 5.73 Å². The Hall–Kier alpha value is -1.84. The molecule has 72 valence electrons. The summed E-state index contributed by atoms with van der Waals surface area (Å²) in [4.78, 5) is 0. The van der Waals surface area contributed by atoms with Gasteiger partial charge in [-0.15, -0.1) is 10.2 Å². The minimum atomic E-state index is 0.578. The van der Waals surface area contributed by atoms with Crippen LogP contribution in [0, 0.1) is 6.92 Å². The van der Waals surface area contributed by atoms with Gasteiger partial charge in [-0.3, -0.25) is 0 Å². The standard InChI is InChI=1S/C10H11N3O/c1-7-12-13-10(14-7)6-8-4-2-3-5-9(8)11/h2-5H,6,11H2,1H3. The van der Waals surface area contributed by atoms with Gasteiger partial charge in [-0.25, -0.2) is 0 Å². The molecule has 14 heavy (non-hydrogen) atoms. The SMILES string of the molecule is Cc1nnc(Cc2ccccc2N)o1. The number of para-hydroxylation sites is 1. The first-order chi connectivity index (χ1) is 6.75. The number of hydrogen-bond donors (Lipinski definition) is 1. The van der Waals surface area contributed by atoms with Gasteiger partial charge in [0.1, 0.15) is 0 Å². The Morgan fingerprint density at radius 3 is 2.71 bits per heavy atom. The molecule has 4 heteroatoms. The molecule has 0 aliphatic carbocycles. The van der Waals surface area contributed by atoms with Crippen LogP contribution in [0.25, 0.3) is 0 Å². The highest BCUT2D eigenvalue weighted by Crippen LogP contribution is 2.14. The Labute approximate surface area is 81.8 Å². The zero-order valence-corrected chi connectivity index (χ0v) is 7.90. The summed E-state index contributed by atoms with van der Waals surface area (Å²) < 4.78 is 5.26. The van der Waals surface area contributed by atoms with Crippen molar-refractivity contribution in [3.8, 4) is 0 Å². The molecular weight excluding hydrogens is 178 g/mol. The number of benzene rings is 1. The fraction of sp³-hybridized carbons (Fsp3) is 0.200. The molecule has 0 saturated carbocycles. The first kappa shape index (κ1) is 8.74. The predicted octanol–water partition coefficient (Wildman–Crippen LogP) is 1.55. The van der Waals surface area contributed by atoms with E-state index in [9.17, 15) is 0 Å². The van der Waals surface area contributed by atoms with Gasteiger partial charge >= 0.3 is 0 Å². The third-order valence-corrected chi connectivity index (χ3v) is 1.96. The molecule has 0 radical (unpaired) electrons. The Kier molecular flexibility index (Phi) is 2.18. The van der Waals surface area contributed by atoms with Gasteiger partial charge < -0.3 is 10.2 Å². The highest BCUT2D eigenvalue weighted by molar-refractivity contribution is 5.47. The van der Waals surface area contributed by atoms with Gasteiger partial charge in [0.25, 0.3) is 0 Å². The maximum Gasteiger partial charge on any atom is 0.220 e. The smallest absolute Gasteiger partial charge is 0.220 e. The van der Waals surface area contributed by atoms with Crippen molar-refractivity contribution in [3.05, 3.63) is 41.6 Å². The van der Waals surface area contributed by atoms with Crippen LogP contribution < -0.4 is 5.73 Å². The van der Waals surface area contributed by atoms with E-state index in [0.29, 0.717) is 18.2 Å². The van der Waals surface area contributed by atoms with E-state index in [1.807, 2.05) is 24.3 Å². The van der Waals surface area contributed by atoms with Crippen LogP contribution in [0.4, 0.5) is 5.69 Å². The summed E-state index contributed by atoms with van der Waals surface area (Å²) in [5, 5.41) is 7.66. The van der Waals surface area contributed by atoms with E-state index < -0.39 is 0 Å². The van der Waals surface area contributed by atoms with Crippen LogP contribution >= 0.6 is 0 Å². The summed E-state index contributed by atoms with van der Waals surface area (Å²) in [6, 6.07) is 7.65. The van der Waals surface area contributed by atoms with Crippen molar-refractivity contribution < 1.29 is 4.42 Å². The molecular formula is C10H11N3O. The minimum absolute atomic E-state index is 0.578. The molecule has 0 spiro atoms. The first-order valence-corrected chi connectivity index (χ1v) is 4.38. The number of nitrogens with zero attached hydrogens (tertiary/aromatic N) is 2. The number of hydrogen-bond acceptors (Lipinski definition) is 4. The Morgan fingerprint density at radius 1 is 1.29 bits per heavy atom. The number of aromatic nitrogens is 2. The molecule has 2 rings (SSSR count). The summed E-state index contributed by atoms with van der Waals surface area (Å²) in [5.41, 5.74) is 7.55. The number of nitrogen functional groups attached to an aromatic ring is 1. The first-order valence-electron chi connectivity index (χ1n) is 4.38. The lowest BCUT2D eigenvalue weighted by Gasteiger charge is -2.00. The third kappa shape index (κ3) is 1.74. The van der Waals surface area contributed by atoms with Crippen molar-refractivity contribution in [1.82, 2.24) is 10.2 Å². The minimum Gasteiger partial charge on any atom is -0.425 e. The molecule has 1 aromatic carbocycles. The van der Waals surface area contributed by atoms with Gasteiger partial charge in [0.15, 0.2) is 0 Å². The number of nitrogens with two attached hydrogens (primary N) is 1. The van der Waals surface area contributed by atoms with E-state index >= 15 is 0 Å². The molecule has 0 atom stereocenters. The van der Waals surface area contributed by atoms with E-state index in [4.69, 9.17) is 10.2 Å². The van der Waals surface area contributed by atoms with E-state index in [1.165, 1.54) is 0 Å². The lowest BCUT2D eigenvalue weighted by atomic mass is 10.1. The van der Waals surface area contributed by atoms with E-state index in [1.54, 1.807) is 6.92 Å². The molecule has 1 heterocycles.